The van der Waals surface area contributed by atoms with E-state index in [0.717, 1.165) is 24.2 Å². The van der Waals surface area contributed by atoms with Gasteiger partial charge in [0.1, 0.15) is 12.2 Å². The van der Waals surface area contributed by atoms with Gasteiger partial charge in [0.05, 0.1) is 29.7 Å². The molecule has 6 rings (SSSR count). The highest BCUT2D eigenvalue weighted by Crippen LogP contribution is 2.52. The van der Waals surface area contributed by atoms with Crippen LogP contribution in [0.15, 0.2) is 42.7 Å². The third kappa shape index (κ3) is 4.41. The van der Waals surface area contributed by atoms with E-state index in [1.54, 1.807) is 18.5 Å². The number of fused-ring (bicyclic) bond motifs is 1. The van der Waals surface area contributed by atoms with E-state index in [1.807, 2.05) is 36.7 Å². The summed E-state index contributed by atoms with van der Waals surface area (Å²) < 4.78 is 51.0. The van der Waals surface area contributed by atoms with E-state index in [2.05, 4.69) is 22.4 Å². The van der Waals surface area contributed by atoms with Crippen molar-refractivity contribution in [1.29, 1.82) is 0 Å². The lowest BCUT2D eigenvalue weighted by Gasteiger charge is -2.46. The van der Waals surface area contributed by atoms with Crippen molar-refractivity contribution in [2.45, 2.75) is 63.3 Å². The van der Waals surface area contributed by atoms with Crippen molar-refractivity contribution < 1.29 is 22.7 Å². The number of aromatic nitrogens is 3. The number of amides is 1. The number of nitrogens with one attached hydrogen (secondary N) is 1. The molecule has 1 amide bonds. The van der Waals surface area contributed by atoms with Crippen LogP contribution in [0.5, 0.6) is 0 Å². The van der Waals surface area contributed by atoms with Crippen LogP contribution < -0.4 is 10.2 Å². The quantitative estimate of drug-likeness (QED) is 0.464. The third-order valence-corrected chi connectivity index (χ3v) is 8.96. The number of carbonyl (C=O) groups excluding carboxylic acids is 1. The van der Waals surface area contributed by atoms with Gasteiger partial charge in [-0.3, -0.25) is 4.79 Å². The van der Waals surface area contributed by atoms with Crippen molar-refractivity contribution in [2.75, 3.05) is 24.6 Å². The number of hydrogen-bond donors (Lipinski definition) is 1. The highest BCUT2D eigenvalue weighted by Gasteiger charge is 2.48. The third-order valence-electron chi connectivity index (χ3n) is 8.96. The first-order chi connectivity index (χ1) is 19.1. The highest BCUT2D eigenvalue weighted by atomic mass is 19.4. The number of nitrogens with zero attached hydrogens (tertiary/aromatic N) is 4. The van der Waals surface area contributed by atoms with E-state index in [4.69, 9.17) is 4.74 Å². The van der Waals surface area contributed by atoms with Crippen molar-refractivity contribution >= 4 is 11.6 Å². The molecule has 1 N–H and O–H groups in total. The summed E-state index contributed by atoms with van der Waals surface area (Å²) in [5.74, 6) is 0.940. The first-order valence-corrected chi connectivity index (χ1v) is 13.9. The zero-order chi connectivity index (χ0) is 28.3. The second kappa shape index (κ2) is 9.69. The van der Waals surface area contributed by atoms with E-state index in [9.17, 15) is 18.0 Å². The number of ether oxygens (including phenoxy) is 1. The largest absolute Gasteiger partial charge is 0.416 e. The van der Waals surface area contributed by atoms with E-state index in [1.165, 1.54) is 11.0 Å². The Morgan fingerprint density at radius 2 is 2.00 bits per heavy atom. The lowest BCUT2D eigenvalue weighted by atomic mass is 9.58. The van der Waals surface area contributed by atoms with Crippen LogP contribution in [0.2, 0.25) is 0 Å². The van der Waals surface area contributed by atoms with Gasteiger partial charge >= 0.3 is 6.18 Å². The minimum absolute atomic E-state index is 0.0279. The summed E-state index contributed by atoms with van der Waals surface area (Å²) in [5, 5.41) is 11.8. The predicted octanol–water partition coefficient (Wildman–Crippen LogP) is 5.02. The van der Waals surface area contributed by atoms with Crippen LogP contribution in [0.4, 0.5) is 18.9 Å². The van der Waals surface area contributed by atoms with E-state index >= 15 is 0 Å². The minimum Gasteiger partial charge on any atom is -0.372 e. The Hall–Kier alpha value is -3.24. The second-order valence-electron chi connectivity index (χ2n) is 11.7. The lowest BCUT2D eigenvalue weighted by molar-refractivity contribution is -0.138. The SMILES string of the molecule is CCC1(Cc2cc3c(c(C(F)(F)F)c2)CN(c2cccc(C4(c5nncn5C)CC(C)C4)c2)C3=O)CNCCO1. The molecular weight excluding hydrogens is 519 g/mol. The van der Waals surface area contributed by atoms with Gasteiger partial charge in [0.2, 0.25) is 0 Å². The first kappa shape index (κ1) is 27.0. The van der Waals surface area contributed by atoms with Gasteiger partial charge in [0, 0.05) is 37.8 Å². The van der Waals surface area contributed by atoms with Crippen LogP contribution in [-0.4, -0.2) is 46.0 Å². The molecule has 3 aliphatic rings. The Kier molecular flexibility index (Phi) is 6.53. The molecule has 3 heterocycles. The molecule has 2 fully saturated rings. The number of anilines is 1. The first-order valence-electron chi connectivity index (χ1n) is 13.9. The normalized spacial score (nSPS) is 26.6. The van der Waals surface area contributed by atoms with Crippen molar-refractivity contribution in [3.05, 3.63) is 76.4 Å². The number of hydrogen-bond acceptors (Lipinski definition) is 5. The number of morpholine rings is 1. The molecule has 7 nitrogen and oxygen atoms in total. The van der Waals surface area contributed by atoms with Gasteiger partial charge in [0.25, 0.3) is 5.91 Å². The Bertz CT molecular complexity index is 1440. The van der Waals surface area contributed by atoms with Gasteiger partial charge in [-0.1, -0.05) is 26.0 Å². The molecule has 40 heavy (non-hydrogen) atoms. The summed E-state index contributed by atoms with van der Waals surface area (Å²) in [6, 6.07) is 10.5. The van der Waals surface area contributed by atoms with Crippen LogP contribution in [0.25, 0.3) is 0 Å². The Balaban J connectivity index is 1.36. The molecule has 2 aliphatic heterocycles. The van der Waals surface area contributed by atoms with Gasteiger partial charge in [0.15, 0.2) is 0 Å². The monoisotopic (exact) mass is 553 g/mol. The number of benzene rings is 2. The summed E-state index contributed by atoms with van der Waals surface area (Å²) in [7, 11) is 1.91. The van der Waals surface area contributed by atoms with Crippen LogP contribution >= 0.6 is 0 Å². The fourth-order valence-electron chi connectivity index (χ4n) is 6.94. The zero-order valence-electron chi connectivity index (χ0n) is 23.0. The smallest absolute Gasteiger partial charge is 0.372 e. The van der Waals surface area contributed by atoms with Crippen molar-refractivity contribution in [3.8, 4) is 0 Å². The molecule has 3 aromatic rings. The van der Waals surface area contributed by atoms with Crippen molar-refractivity contribution in [1.82, 2.24) is 20.1 Å². The lowest BCUT2D eigenvalue weighted by Crippen LogP contribution is -2.50. The molecule has 212 valence electrons. The molecule has 1 atom stereocenters. The number of carbonyl (C=O) groups is 1. The maximum atomic E-state index is 14.4. The molecule has 1 saturated carbocycles. The van der Waals surface area contributed by atoms with Gasteiger partial charge in [-0.15, -0.1) is 10.2 Å². The van der Waals surface area contributed by atoms with Gasteiger partial charge in [-0.25, -0.2) is 0 Å². The van der Waals surface area contributed by atoms with Crippen molar-refractivity contribution in [2.24, 2.45) is 13.0 Å². The number of rotatable bonds is 6. The maximum Gasteiger partial charge on any atom is 0.416 e. The van der Waals surface area contributed by atoms with Gasteiger partial charge in [-0.2, -0.15) is 13.2 Å². The molecule has 1 saturated heterocycles. The highest BCUT2D eigenvalue weighted by molar-refractivity contribution is 6.10. The molecule has 0 spiro atoms. The molecule has 0 radical (unpaired) electrons. The Morgan fingerprint density at radius 1 is 1.20 bits per heavy atom. The van der Waals surface area contributed by atoms with Crippen LogP contribution in [0.3, 0.4) is 0 Å². The summed E-state index contributed by atoms with van der Waals surface area (Å²) in [5.41, 5.74) is 0.495. The van der Waals surface area contributed by atoms with E-state index < -0.39 is 23.2 Å². The number of aryl methyl sites for hydroxylation is 1. The van der Waals surface area contributed by atoms with Crippen LogP contribution in [0.1, 0.15) is 71.5 Å². The summed E-state index contributed by atoms with van der Waals surface area (Å²) in [6.07, 6.45) is -0.187. The Morgan fingerprint density at radius 3 is 2.62 bits per heavy atom. The molecule has 1 aliphatic carbocycles. The fourth-order valence-corrected chi connectivity index (χ4v) is 6.94. The van der Waals surface area contributed by atoms with E-state index in [0.29, 0.717) is 49.7 Å². The van der Waals surface area contributed by atoms with Gasteiger partial charge < -0.3 is 19.5 Å². The average molecular weight is 554 g/mol. The number of alkyl halides is 3. The Labute approximate surface area is 231 Å². The zero-order valence-corrected chi connectivity index (χ0v) is 23.0. The molecular formula is C30H34F3N5O2. The summed E-state index contributed by atoms with van der Waals surface area (Å²) in [4.78, 5) is 15.2. The molecule has 1 aromatic heterocycles. The van der Waals surface area contributed by atoms with Gasteiger partial charge in [-0.05, 0) is 66.1 Å². The van der Waals surface area contributed by atoms with E-state index in [-0.39, 0.29) is 23.1 Å². The average Bonchev–Trinajstić information content (AvgIpc) is 3.49. The summed E-state index contributed by atoms with van der Waals surface area (Å²) in [6.45, 7) is 5.80. The second-order valence-corrected chi connectivity index (χ2v) is 11.7. The maximum absolute atomic E-state index is 14.4. The summed E-state index contributed by atoms with van der Waals surface area (Å²) >= 11 is 0. The standard InChI is InChI=1S/C30H34F3N5O2/c1-4-28(17-34-8-9-40-28)15-20-10-23-24(25(11-20)30(31,32)33)16-38(26(23)39)22-7-5-6-21(12-22)29(13-19(2)14-29)27-36-35-18-37(27)3/h5-7,10-12,18-19,34H,4,8-9,13-17H2,1-3H3. The topological polar surface area (TPSA) is 72.3 Å². The van der Waals surface area contributed by atoms with Crippen LogP contribution in [-0.2, 0) is 36.3 Å². The minimum atomic E-state index is -4.58. The molecule has 10 heteroatoms. The fraction of sp³-hybridized carbons (Fsp3) is 0.500. The molecule has 0 bridgehead atoms. The predicted molar refractivity (Wildman–Crippen MR) is 144 cm³/mol. The number of halogens is 3. The van der Waals surface area contributed by atoms with Crippen LogP contribution in [0, 0.1) is 5.92 Å². The molecule has 1 unspecified atom stereocenters. The van der Waals surface area contributed by atoms with Crippen molar-refractivity contribution in [3.63, 3.8) is 0 Å². The molecule has 2 aromatic carbocycles.